The zero-order valence-electron chi connectivity index (χ0n) is 11.1. The minimum atomic E-state index is -0.424. The van der Waals surface area contributed by atoms with Crippen molar-refractivity contribution in [1.82, 2.24) is 4.57 Å². The summed E-state index contributed by atoms with van der Waals surface area (Å²) in [5.41, 5.74) is 5.84. The van der Waals surface area contributed by atoms with Gasteiger partial charge in [0.25, 0.3) is 5.56 Å². The average molecular weight is 252 g/mol. The van der Waals surface area contributed by atoms with Crippen molar-refractivity contribution >= 4 is 11.7 Å². The molecule has 0 spiro atoms. The zero-order valence-corrected chi connectivity index (χ0v) is 11.1. The number of carbonyl (C=O) groups is 1. The number of hydrogen-bond donors (Lipinski definition) is 1. The molecule has 0 aliphatic carbocycles. The summed E-state index contributed by atoms with van der Waals surface area (Å²) in [6, 6.07) is 2.83. The van der Waals surface area contributed by atoms with Crippen molar-refractivity contribution in [3.63, 3.8) is 0 Å². The van der Waals surface area contributed by atoms with Crippen molar-refractivity contribution in [3.8, 4) is 0 Å². The molecule has 1 aromatic heterocycles. The van der Waals surface area contributed by atoms with Crippen LogP contribution in [-0.4, -0.2) is 17.1 Å². The first-order valence-electron chi connectivity index (χ1n) is 5.89. The summed E-state index contributed by atoms with van der Waals surface area (Å²) < 4.78 is 6.32. The Hall–Kier alpha value is -1.78. The number of carbonyl (C=O) groups excluding carboxylic acids is 1. The third kappa shape index (κ3) is 5.03. The second-order valence-electron chi connectivity index (χ2n) is 5.46. The highest BCUT2D eigenvalue weighted by molar-refractivity contribution is 5.69. The van der Waals surface area contributed by atoms with Crippen LogP contribution in [0.4, 0.5) is 5.69 Å². The maximum atomic E-state index is 11.5. The fourth-order valence-corrected chi connectivity index (χ4v) is 1.33. The van der Waals surface area contributed by atoms with Crippen molar-refractivity contribution in [2.45, 2.75) is 33.7 Å². The molecule has 0 aliphatic heterocycles. The molecular weight excluding hydrogens is 232 g/mol. The first kappa shape index (κ1) is 14.3. The Kier molecular flexibility index (Phi) is 4.53. The van der Waals surface area contributed by atoms with E-state index in [4.69, 9.17) is 10.5 Å². The lowest BCUT2D eigenvalue weighted by Crippen LogP contribution is -2.25. The molecule has 100 valence electrons. The Bertz CT molecular complexity index is 472. The van der Waals surface area contributed by atoms with Gasteiger partial charge in [0, 0.05) is 18.0 Å². The van der Waals surface area contributed by atoms with E-state index in [2.05, 4.69) is 20.8 Å². The van der Waals surface area contributed by atoms with E-state index in [1.807, 2.05) is 0 Å². The maximum absolute atomic E-state index is 11.5. The van der Waals surface area contributed by atoms with Crippen LogP contribution < -0.4 is 11.3 Å². The Labute approximate surface area is 107 Å². The van der Waals surface area contributed by atoms with Crippen molar-refractivity contribution in [1.29, 1.82) is 0 Å². The normalized spacial score (nSPS) is 11.3. The largest absolute Gasteiger partial charge is 0.464 e. The minimum Gasteiger partial charge on any atom is -0.464 e. The zero-order chi connectivity index (χ0) is 13.8. The van der Waals surface area contributed by atoms with Crippen LogP contribution in [0, 0.1) is 5.41 Å². The molecule has 1 heterocycles. The summed E-state index contributed by atoms with van der Waals surface area (Å²) in [6.07, 6.45) is 2.22. The molecular formula is C13H20N2O3. The van der Waals surface area contributed by atoms with Gasteiger partial charge in [0.05, 0.1) is 6.61 Å². The van der Waals surface area contributed by atoms with Gasteiger partial charge in [-0.3, -0.25) is 9.59 Å². The summed E-state index contributed by atoms with van der Waals surface area (Å²) in [6.45, 7) is 6.48. The molecule has 0 aliphatic rings. The SMILES string of the molecule is CC(C)(C)CCOC(=O)Cn1cc(N)ccc1=O. The summed E-state index contributed by atoms with van der Waals surface area (Å²) in [7, 11) is 0. The number of nitrogens with two attached hydrogens (primary N) is 1. The molecule has 0 radical (unpaired) electrons. The van der Waals surface area contributed by atoms with Gasteiger partial charge in [0.2, 0.25) is 0 Å². The third-order valence-corrected chi connectivity index (χ3v) is 2.42. The van der Waals surface area contributed by atoms with Crippen molar-refractivity contribution in [2.24, 2.45) is 5.41 Å². The molecule has 0 amide bonds. The van der Waals surface area contributed by atoms with Crippen LogP contribution in [0.2, 0.25) is 0 Å². The number of hydrogen-bond acceptors (Lipinski definition) is 4. The van der Waals surface area contributed by atoms with Gasteiger partial charge in [-0.2, -0.15) is 0 Å². The van der Waals surface area contributed by atoms with Crippen molar-refractivity contribution in [3.05, 3.63) is 28.7 Å². The van der Waals surface area contributed by atoms with Gasteiger partial charge in [-0.05, 0) is 17.9 Å². The van der Waals surface area contributed by atoms with E-state index in [0.29, 0.717) is 12.3 Å². The smallest absolute Gasteiger partial charge is 0.326 e. The summed E-state index contributed by atoms with van der Waals surface area (Å²) >= 11 is 0. The Morgan fingerprint density at radius 3 is 2.67 bits per heavy atom. The van der Waals surface area contributed by atoms with Gasteiger partial charge in [-0.1, -0.05) is 20.8 Å². The highest BCUT2D eigenvalue weighted by Crippen LogP contribution is 2.17. The number of esters is 1. The van der Waals surface area contributed by atoms with Gasteiger partial charge in [0.1, 0.15) is 6.54 Å². The predicted octanol–water partition coefficient (Wildman–Crippen LogP) is 1.41. The van der Waals surface area contributed by atoms with Gasteiger partial charge in [0.15, 0.2) is 0 Å². The van der Waals surface area contributed by atoms with E-state index in [1.165, 1.54) is 22.9 Å². The summed E-state index contributed by atoms with van der Waals surface area (Å²) in [4.78, 5) is 23.0. The van der Waals surface area contributed by atoms with Gasteiger partial charge < -0.3 is 15.0 Å². The van der Waals surface area contributed by atoms with E-state index in [9.17, 15) is 9.59 Å². The van der Waals surface area contributed by atoms with Crippen LogP contribution in [0.1, 0.15) is 27.2 Å². The number of rotatable bonds is 4. The second-order valence-corrected chi connectivity index (χ2v) is 5.46. The molecule has 0 fully saturated rings. The lowest BCUT2D eigenvalue weighted by Gasteiger charge is -2.17. The van der Waals surface area contributed by atoms with Crippen molar-refractivity contribution in [2.75, 3.05) is 12.3 Å². The van der Waals surface area contributed by atoms with Crippen LogP contribution >= 0.6 is 0 Å². The number of aromatic nitrogens is 1. The number of nitrogens with zero attached hydrogens (tertiary/aromatic N) is 1. The van der Waals surface area contributed by atoms with Crippen LogP contribution in [0.3, 0.4) is 0 Å². The number of pyridine rings is 1. The van der Waals surface area contributed by atoms with Gasteiger partial charge >= 0.3 is 5.97 Å². The topological polar surface area (TPSA) is 74.3 Å². The lowest BCUT2D eigenvalue weighted by atomic mass is 9.93. The third-order valence-electron chi connectivity index (χ3n) is 2.42. The van der Waals surface area contributed by atoms with Gasteiger partial charge in [-0.25, -0.2) is 0 Å². The molecule has 0 bridgehead atoms. The lowest BCUT2D eigenvalue weighted by molar-refractivity contribution is -0.145. The fourth-order valence-electron chi connectivity index (χ4n) is 1.33. The molecule has 0 saturated carbocycles. The van der Waals surface area contributed by atoms with Crippen LogP contribution in [-0.2, 0) is 16.1 Å². The van der Waals surface area contributed by atoms with Crippen LogP contribution in [0.5, 0.6) is 0 Å². The number of anilines is 1. The van der Waals surface area contributed by atoms with E-state index < -0.39 is 5.97 Å². The van der Waals surface area contributed by atoms with E-state index in [-0.39, 0.29) is 17.5 Å². The van der Waals surface area contributed by atoms with E-state index in [1.54, 1.807) is 0 Å². The molecule has 0 unspecified atom stereocenters. The highest BCUT2D eigenvalue weighted by atomic mass is 16.5. The molecule has 0 aromatic carbocycles. The Balaban J connectivity index is 2.50. The maximum Gasteiger partial charge on any atom is 0.326 e. The van der Waals surface area contributed by atoms with Crippen LogP contribution in [0.25, 0.3) is 0 Å². The number of ether oxygens (including phenoxy) is 1. The Morgan fingerprint density at radius 2 is 2.06 bits per heavy atom. The molecule has 0 saturated heterocycles. The Morgan fingerprint density at radius 1 is 1.39 bits per heavy atom. The number of nitrogen functional groups attached to an aromatic ring is 1. The highest BCUT2D eigenvalue weighted by Gasteiger charge is 2.12. The average Bonchev–Trinajstić information content (AvgIpc) is 2.21. The second kappa shape index (κ2) is 5.71. The minimum absolute atomic E-state index is 0.103. The fraction of sp³-hybridized carbons (Fsp3) is 0.538. The standard InChI is InChI=1S/C13H20N2O3/c1-13(2,3)6-7-18-12(17)9-15-8-10(14)4-5-11(15)16/h4-5,8H,6-7,9,14H2,1-3H3. The van der Waals surface area contributed by atoms with E-state index in [0.717, 1.165) is 6.42 Å². The molecule has 5 nitrogen and oxygen atoms in total. The molecule has 2 N–H and O–H groups in total. The molecule has 5 heteroatoms. The monoisotopic (exact) mass is 252 g/mol. The molecule has 1 rings (SSSR count). The summed E-state index contributed by atoms with van der Waals surface area (Å²) in [5, 5.41) is 0. The predicted molar refractivity (Wildman–Crippen MR) is 70.1 cm³/mol. The first-order valence-corrected chi connectivity index (χ1v) is 5.89. The van der Waals surface area contributed by atoms with Crippen LogP contribution in [0.15, 0.2) is 23.1 Å². The first-order chi connectivity index (χ1) is 8.28. The van der Waals surface area contributed by atoms with Gasteiger partial charge in [-0.15, -0.1) is 0 Å². The molecule has 1 aromatic rings. The molecule has 0 atom stereocenters. The van der Waals surface area contributed by atoms with Crippen molar-refractivity contribution < 1.29 is 9.53 Å². The summed E-state index contributed by atoms with van der Waals surface area (Å²) in [5.74, 6) is -0.424. The molecule has 18 heavy (non-hydrogen) atoms. The quantitative estimate of drug-likeness (QED) is 0.822. The van der Waals surface area contributed by atoms with E-state index >= 15 is 0 Å².